The molecule has 1 aliphatic rings. The monoisotopic (exact) mass is 286 g/mol. The summed E-state index contributed by atoms with van der Waals surface area (Å²) >= 11 is 0. The van der Waals surface area contributed by atoms with Gasteiger partial charge in [-0.3, -0.25) is 0 Å². The Hall–Kier alpha value is -1.37. The van der Waals surface area contributed by atoms with Crippen molar-refractivity contribution in [3.8, 4) is 6.07 Å². The average molecular weight is 286 g/mol. The predicted octanol–water partition coefficient (Wildman–Crippen LogP) is 3.41. The lowest BCUT2D eigenvalue weighted by molar-refractivity contribution is 0.0756. The largest absolute Gasteiger partial charge is 0.379 e. The van der Waals surface area contributed by atoms with Gasteiger partial charge in [0.1, 0.15) is 0 Å². The van der Waals surface area contributed by atoms with Gasteiger partial charge in [-0.15, -0.1) is 0 Å². The van der Waals surface area contributed by atoms with Crippen molar-refractivity contribution in [1.29, 1.82) is 5.26 Å². The van der Waals surface area contributed by atoms with Crippen LogP contribution in [0.1, 0.15) is 45.1 Å². The second-order valence-corrected chi connectivity index (χ2v) is 6.25. The van der Waals surface area contributed by atoms with Gasteiger partial charge in [-0.25, -0.2) is 0 Å². The van der Waals surface area contributed by atoms with Crippen molar-refractivity contribution in [3.05, 3.63) is 35.9 Å². The molecule has 0 heterocycles. The minimum absolute atomic E-state index is 0.264. The zero-order valence-corrected chi connectivity index (χ0v) is 13.1. The molecule has 0 saturated heterocycles. The van der Waals surface area contributed by atoms with Crippen LogP contribution in [0.4, 0.5) is 0 Å². The summed E-state index contributed by atoms with van der Waals surface area (Å²) in [5.41, 5.74) is 0.899. The minimum atomic E-state index is -0.264. The zero-order valence-electron chi connectivity index (χ0n) is 13.1. The fourth-order valence-electron chi connectivity index (χ4n) is 2.93. The number of benzene rings is 1. The second-order valence-electron chi connectivity index (χ2n) is 6.25. The molecule has 1 fully saturated rings. The van der Waals surface area contributed by atoms with E-state index in [2.05, 4.69) is 37.4 Å². The van der Waals surface area contributed by atoms with E-state index < -0.39 is 0 Å². The number of unbranched alkanes of at least 4 members (excludes halogenated alkanes) is 1. The van der Waals surface area contributed by atoms with Crippen LogP contribution in [0, 0.1) is 11.3 Å². The summed E-state index contributed by atoms with van der Waals surface area (Å²) in [6, 6.07) is 13.2. The minimum Gasteiger partial charge on any atom is -0.379 e. The van der Waals surface area contributed by atoms with Gasteiger partial charge in [0, 0.05) is 12.6 Å². The van der Waals surface area contributed by atoms with E-state index in [0.29, 0.717) is 12.1 Å². The maximum Gasteiger partial charge on any atom is 0.0852 e. The molecule has 1 saturated carbocycles. The van der Waals surface area contributed by atoms with Crippen molar-refractivity contribution in [2.45, 2.75) is 57.1 Å². The highest BCUT2D eigenvalue weighted by Gasteiger charge is 2.45. The number of nitrogens with one attached hydrogen (secondary N) is 1. The molecule has 1 aliphatic carbocycles. The SMILES string of the molecule is CC(C)OCCCCNC1CC(C#N)(c2ccccc2)C1. The Morgan fingerprint density at radius 1 is 1.29 bits per heavy atom. The predicted molar refractivity (Wildman–Crippen MR) is 85.1 cm³/mol. The number of hydrogen-bond donors (Lipinski definition) is 1. The molecule has 1 aromatic carbocycles. The lowest BCUT2D eigenvalue weighted by Gasteiger charge is -2.43. The Bertz CT molecular complexity index is 458. The summed E-state index contributed by atoms with van der Waals surface area (Å²) in [5, 5.41) is 13.1. The molecule has 21 heavy (non-hydrogen) atoms. The van der Waals surface area contributed by atoms with Crippen molar-refractivity contribution < 1.29 is 4.74 Å². The molecule has 0 unspecified atom stereocenters. The van der Waals surface area contributed by atoms with Crippen LogP contribution in [0.25, 0.3) is 0 Å². The molecule has 0 radical (unpaired) electrons. The Labute approximate surface area is 128 Å². The third kappa shape index (κ3) is 4.30. The van der Waals surface area contributed by atoms with E-state index in [1.54, 1.807) is 0 Å². The Balaban J connectivity index is 1.65. The first-order valence-electron chi connectivity index (χ1n) is 7.98. The number of ether oxygens (including phenoxy) is 1. The number of nitriles is 1. The molecule has 3 heteroatoms. The summed E-state index contributed by atoms with van der Waals surface area (Å²) < 4.78 is 5.53. The van der Waals surface area contributed by atoms with E-state index in [0.717, 1.165) is 44.4 Å². The van der Waals surface area contributed by atoms with Gasteiger partial charge in [0.2, 0.25) is 0 Å². The van der Waals surface area contributed by atoms with Crippen molar-refractivity contribution >= 4 is 0 Å². The van der Waals surface area contributed by atoms with Gasteiger partial charge in [0.05, 0.1) is 17.6 Å². The summed E-state index contributed by atoms with van der Waals surface area (Å²) in [5.74, 6) is 0. The molecule has 114 valence electrons. The van der Waals surface area contributed by atoms with Crippen LogP contribution >= 0.6 is 0 Å². The topological polar surface area (TPSA) is 45.0 Å². The Kier molecular flexibility index (Phi) is 5.78. The van der Waals surface area contributed by atoms with E-state index in [-0.39, 0.29) is 5.41 Å². The van der Waals surface area contributed by atoms with Crippen LogP contribution in [-0.4, -0.2) is 25.3 Å². The van der Waals surface area contributed by atoms with Crippen molar-refractivity contribution in [2.75, 3.05) is 13.2 Å². The lowest BCUT2D eigenvalue weighted by atomic mass is 9.62. The number of nitrogens with zero attached hydrogens (tertiary/aromatic N) is 1. The van der Waals surface area contributed by atoms with Crippen LogP contribution in [0.15, 0.2) is 30.3 Å². The standard InChI is InChI=1S/C18H26N2O/c1-15(2)21-11-7-6-10-20-17-12-18(13-17,14-19)16-8-4-3-5-9-16/h3-5,8-9,15,17,20H,6-7,10-13H2,1-2H3. The highest BCUT2D eigenvalue weighted by atomic mass is 16.5. The first kappa shape index (κ1) is 16.0. The lowest BCUT2D eigenvalue weighted by Crippen LogP contribution is -2.51. The Morgan fingerprint density at radius 3 is 2.62 bits per heavy atom. The molecule has 0 atom stereocenters. The second kappa shape index (κ2) is 7.59. The van der Waals surface area contributed by atoms with Gasteiger partial charge in [0.25, 0.3) is 0 Å². The fraction of sp³-hybridized carbons (Fsp3) is 0.611. The molecule has 1 N–H and O–H groups in total. The molecule has 2 rings (SSSR count). The van der Waals surface area contributed by atoms with Gasteiger partial charge >= 0.3 is 0 Å². The van der Waals surface area contributed by atoms with Gasteiger partial charge in [-0.2, -0.15) is 5.26 Å². The molecule has 3 nitrogen and oxygen atoms in total. The first-order chi connectivity index (χ1) is 10.2. The summed E-state index contributed by atoms with van der Waals surface area (Å²) in [6.07, 6.45) is 4.41. The number of rotatable bonds is 8. The smallest absolute Gasteiger partial charge is 0.0852 e. The van der Waals surface area contributed by atoms with Gasteiger partial charge in [-0.05, 0) is 51.6 Å². The van der Waals surface area contributed by atoms with E-state index in [1.807, 2.05) is 18.2 Å². The quantitative estimate of drug-likeness (QED) is 0.745. The van der Waals surface area contributed by atoms with E-state index in [9.17, 15) is 5.26 Å². The van der Waals surface area contributed by atoms with Crippen LogP contribution in [-0.2, 0) is 10.2 Å². The maximum atomic E-state index is 9.51. The summed E-state index contributed by atoms with van der Waals surface area (Å²) in [6.45, 7) is 5.99. The van der Waals surface area contributed by atoms with Gasteiger partial charge in [-0.1, -0.05) is 30.3 Å². The van der Waals surface area contributed by atoms with Gasteiger partial charge < -0.3 is 10.1 Å². The Morgan fingerprint density at radius 2 is 2.00 bits per heavy atom. The third-order valence-corrected chi connectivity index (χ3v) is 4.19. The van der Waals surface area contributed by atoms with Crippen molar-refractivity contribution in [3.63, 3.8) is 0 Å². The van der Waals surface area contributed by atoms with E-state index >= 15 is 0 Å². The van der Waals surface area contributed by atoms with Crippen LogP contribution in [0.2, 0.25) is 0 Å². The molecule has 1 aromatic rings. The molecule has 0 aliphatic heterocycles. The van der Waals surface area contributed by atoms with Crippen LogP contribution < -0.4 is 5.32 Å². The van der Waals surface area contributed by atoms with Gasteiger partial charge in [0.15, 0.2) is 0 Å². The molecule has 0 bridgehead atoms. The van der Waals surface area contributed by atoms with Crippen LogP contribution in [0.3, 0.4) is 0 Å². The fourth-order valence-corrected chi connectivity index (χ4v) is 2.93. The van der Waals surface area contributed by atoms with E-state index in [1.165, 1.54) is 0 Å². The zero-order chi connectivity index (χ0) is 15.1. The van der Waals surface area contributed by atoms with E-state index in [4.69, 9.17) is 4.74 Å². The normalized spacial score (nSPS) is 24.6. The first-order valence-corrected chi connectivity index (χ1v) is 7.98. The van der Waals surface area contributed by atoms with Crippen molar-refractivity contribution in [1.82, 2.24) is 5.32 Å². The molecule has 0 spiro atoms. The van der Waals surface area contributed by atoms with Crippen LogP contribution in [0.5, 0.6) is 0 Å². The summed E-state index contributed by atoms with van der Waals surface area (Å²) in [4.78, 5) is 0. The highest BCUT2D eigenvalue weighted by molar-refractivity contribution is 5.36. The molecular formula is C18H26N2O. The number of hydrogen-bond acceptors (Lipinski definition) is 3. The molecule has 0 aromatic heterocycles. The third-order valence-electron chi connectivity index (χ3n) is 4.19. The highest BCUT2D eigenvalue weighted by Crippen LogP contribution is 2.43. The summed E-state index contributed by atoms with van der Waals surface area (Å²) in [7, 11) is 0. The molecular weight excluding hydrogens is 260 g/mol. The average Bonchev–Trinajstić information content (AvgIpc) is 2.45. The van der Waals surface area contributed by atoms with Crippen molar-refractivity contribution in [2.24, 2.45) is 0 Å². The molecule has 0 amide bonds. The maximum absolute atomic E-state index is 9.51.